The molecule has 7 nitrogen and oxygen atoms in total. The van der Waals surface area contributed by atoms with Crippen molar-refractivity contribution < 1.29 is 23.2 Å². The highest BCUT2D eigenvalue weighted by Crippen LogP contribution is 2.63. The van der Waals surface area contributed by atoms with Crippen molar-refractivity contribution in [3.8, 4) is 0 Å². The number of hydrogen-bond acceptors (Lipinski definition) is 5. The minimum Gasteiger partial charge on any atom is -0.459 e. The van der Waals surface area contributed by atoms with Gasteiger partial charge in [-0.25, -0.2) is 14.7 Å². The standard InChI is InChI=1S/C30H20FN3O4/c31-17-11-13-18(14-12-17)34-28(36)25-24-19-6-1-3-8-21(19)30(26(25)29(34)37,22-9-4-2-7-20(22)24)16-32-33-27(35)23-10-5-15-38-23/h1-16,24-26H,(H,33,35)/b32-16+. The Morgan fingerprint density at radius 1 is 0.895 bits per heavy atom. The van der Waals surface area contributed by atoms with E-state index in [1.165, 1.54) is 41.5 Å². The van der Waals surface area contributed by atoms with Crippen LogP contribution in [-0.2, 0) is 15.0 Å². The normalized spacial score (nSPS) is 24.9. The van der Waals surface area contributed by atoms with E-state index in [0.29, 0.717) is 5.69 Å². The Labute approximate surface area is 216 Å². The number of benzene rings is 3. The molecule has 38 heavy (non-hydrogen) atoms. The fourth-order valence-electron chi connectivity index (χ4n) is 6.55. The lowest BCUT2D eigenvalue weighted by atomic mass is 9.47. The molecule has 2 atom stereocenters. The molecule has 186 valence electrons. The number of nitrogens with zero attached hydrogens (tertiary/aromatic N) is 2. The van der Waals surface area contributed by atoms with E-state index in [-0.39, 0.29) is 23.5 Å². The number of amides is 3. The third-order valence-electron chi connectivity index (χ3n) is 7.95. The number of halogens is 1. The molecule has 2 bridgehead atoms. The molecule has 1 aliphatic heterocycles. The molecule has 4 aromatic rings. The number of nitrogens with one attached hydrogen (secondary N) is 1. The van der Waals surface area contributed by atoms with Gasteiger partial charge in [-0.05, 0) is 58.7 Å². The Balaban J connectivity index is 1.43. The molecule has 2 heterocycles. The highest BCUT2D eigenvalue weighted by Gasteiger charge is 2.68. The van der Waals surface area contributed by atoms with Crippen LogP contribution in [0.15, 0.2) is 101 Å². The number of hydrazone groups is 1. The molecular weight excluding hydrogens is 485 g/mol. The summed E-state index contributed by atoms with van der Waals surface area (Å²) in [7, 11) is 0. The van der Waals surface area contributed by atoms with Gasteiger partial charge < -0.3 is 4.42 Å². The maximum Gasteiger partial charge on any atom is 0.307 e. The third kappa shape index (κ3) is 2.88. The molecule has 3 aromatic carbocycles. The first-order valence-corrected chi connectivity index (χ1v) is 12.2. The molecular formula is C30H20FN3O4. The van der Waals surface area contributed by atoms with Crippen molar-refractivity contribution in [3.05, 3.63) is 125 Å². The van der Waals surface area contributed by atoms with Gasteiger partial charge in [-0.15, -0.1) is 0 Å². The molecule has 0 radical (unpaired) electrons. The summed E-state index contributed by atoms with van der Waals surface area (Å²) in [5.41, 5.74) is 5.32. The maximum atomic E-state index is 14.2. The molecule has 3 amide bonds. The molecule has 4 aliphatic rings. The molecule has 1 fully saturated rings. The zero-order valence-electron chi connectivity index (χ0n) is 19.9. The fourth-order valence-corrected chi connectivity index (χ4v) is 6.55. The smallest absolute Gasteiger partial charge is 0.307 e. The van der Waals surface area contributed by atoms with E-state index in [9.17, 15) is 18.8 Å². The van der Waals surface area contributed by atoms with Gasteiger partial charge in [-0.2, -0.15) is 5.10 Å². The predicted octanol–water partition coefficient (Wildman–Crippen LogP) is 4.39. The number of hydrogen-bond donors (Lipinski definition) is 1. The van der Waals surface area contributed by atoms with Gasteiger partial charge >= 0.3 is 5.91 Å². The summed E-state index contributed by atoms with van der Waals surface area (Å²) in [4.78, 5) is 41.9. The van der Waals surface area contributed by atoms with Gasteiger partial charge in [0.25, 0.3) is 0 Å². The molecule has 1 saturated heterocycles. The summed E-state index contributed by atoms with van der Waals surface area (Å²) in [5, 5.41) is 4.33. The summed E-state index contributed by atoms with van der Waals surface area (Å²) in [6.45, 7) is 0. The Morgan fingerprint density at radius 3 is 2.18 bits per heavy atom. The van der Waals surface area contributed by atoms with Crippen molar-refractivity contribution >= 4 is 29.6 Å². The summed E-state index contributed by atoms with van der Waals surface area (Å²) in [6.07, 6.45) is 2.97. The minimum absolute atomic E-state index is 0.0975. The SMILES string of the molecule is O=C(N/N=C/C12c3ccccc3C(c3ccccc31)C1C(=O)N(c3ccc(F)cc3)C(=O)C12)c1ccco1. The molecule has 0 saturated carbocycles. The molecule has 1 N–H and O–H groups in total. The molecule has 3 aliphatic carbocycles. The third-order valence-corrected chi connectivity index (χ3v) is 7.95. The van der Waals surface area contributed by atoms with Crippen LogP contribution in [-0.4, -0.2) is 23.9 Å². The average Bonchev–Trinajstić information content (AvgIpc) is 3.57. The second-order valence-electron chi connectivity index (χ2n) is 9.69. The van der Waals surface area contributed by atoms with Crippen LogP contribution in [0.25, 0.3) is 0 Å². The first-order valence-electron chi connectivity index (χ1n) is 12.2. The van der Waals surface area contributed by atoms with E-state index in [1.807, 2.05) is 48.5 Å². The number of furan rings is 1. The maximum absolute atomic E-state index is 14.2. The molecule has 1 aromatic heterocycles. The van der Waals surface area contributed by atoms with E-state index in [2.05, 4.69) is 10.5 Å². The average molecular weight is 506 g/mol. The molecule has 2 unspecified atom stereocenters. The van der Waals surface area contributed by atoms with Crippen LogP contribution < -0.4 is 10.3 Å². The van der Waals surface area contributed by atoms with Crippen molar-refractivity contribution in [1.82, 2.24) is 5.43 Å². The summed E-state index contributed by atoms with van der Waals surface area (Å²) < 4.78 is 18.8. The lowest BCUT2D eigenvalue weighted by Crippen LogP contribution is -2.54. The highest BCUT2D eigenvalue weighted by molar-refractivity contribution is 6.25. The Hall–Kier alpha value is -4.85. The second-order valence-corrected chi connectivity index (χ2v) is 9.69. The Kier molecular flexibility index (Phi) is 4.75. The fraction of sp³-hybridized carbons (Fsp3) is 0.133. The van der Waals surface area contributed by atoms with Crippen LogP contribution in [0.4, 0.5) is 10.1 Å². The number of imide groups is 1. The van der Waals surface area contributed by atoms with Crippen LogP contribution in [0.5, 0.6) is 0 Å². The van der Waals surface area contributed by atoms with E-state index in [1.54, 1.807) is 12.3 Å². The first kappa shape index (κ1) is 22.4. The summed E-state index contributed by atoms with van der Waals surface area (Å²) in [6, 6.07) is 24.0. The Bertz CT molecular complexity index is 1600. The van der Waals surface area contributed by atoms with Crippen LogP contribution in [0.3, 0.4) is 0 Å². The van der Waals surface area contributed by atoms with E-state index in [0.717, 1.165) is 22.3 Å². The number of rotatable bonds is 4. The van der Waals surface area contributed by atoms with Crippen molar-refractivity contribution in [2.45, 2.75) is 11.3 Å². The van der Waals surface area contributed by atoms with E-state index in [4.69, 9.17) is 4.42 Å². The molecule has 8 rings (SSSR count). The molecule has 0 spiro atoms. The predicted molar refractivity (Wildman–Crippen MR) is 136 cm³/mol. The van der Waals surface area contributed by atoms with Crippen LogP contribution in [0.2, 0.25) is 0 Å². The zero-order chi connectivity index (χ0) is 26.0. The lowest BCUT2D eigenvalue weighted by molar-refractivity contribution is -0.122. The van der Waals surface area contributed by atoms with Crippen molar-refractivity contribution in [2.75, 3.05) is 4.90 Å². The van der Waals surface area contributed by atoms with Crippen LogP contribution in [0.1, 0.15) is 38.7 Å². The lowest BCUT2D eigenvalue weighted by Gasteiger charge is -2.52. The van der Waals surface area contributed by atoms with Gasteiger partial charge in [-0.3, -0.25) is 14.4 Å². The van der Waals surface area contributed by atoms with E-state index < -0.39 is 29.0 Å². The topological polar surface area (TPSA) is 92.0 Å². The summed E-state index contributed by atoms with van der Waals surface area (Å²) in [5.74, 6) is -3.44. The Morgan fingerprint density at radius 2 is 1.55 bits per heavy atom. The molecule has 8 heteroatoms. The number of carbonyl (C=O) groups excluding carboxylic acids is 3. The monoisotopic (exact) mass is 505 g/mol. The quantitative estimate of drug-likeness (QED) is 0.253. The van der Waals surface area contributed by atoms with Gasteiger partial charge in [0.05, 0.1) is 29.2 Å². The minimum atomic E-state index is -1.12. The van der Waals surface area contributed by atoms with Gasteiger partial charge in [0.1, 0.15) is 5.82 Å². The van der Waals surface area contributed by atoms with Crippen molar-refractivity contribution in [1.29, 1.82) is 0 Å². The van der Waals surface area contributed by atoms with Gasteiger partial charge in [0.2, 0.25) is 11.8 Å². The second kappa shape index (κ2) is 8.08. The first-order chi connectivity index (χ1) is 18.5. The van der Waals surface area contributed by atoms with Gasteiger partial charge in [0, 0.05) is 12.1 Å². The highest BCUT2D eigenvalue weighted by atomic mass is 19.1. The largest absolute Gasteiger partial charge is 0.459 e. The van der Waals surface area contributed by atoms with Crippen molar-refractivity contribution in [2.24, 2.45) is 16.9 Å². The van der Waals surface area contributed by atoms with Gasteiger partial charge in [-0.1, -0.05) is 48.5 Å². The van der Waals surface area contributed by atoms with Gasteiger partial charge in [0.15, 0.2) is 5.76 Å². The van der Waals surface area contributed by atoms with Crippen LogP contribution in [0, 0.1) is 17.7 Å². The van der Waals surface area contributed by atoms with E-state index >= 15 is 0 Å². The summed E-state index contributed by atoms with van der Waals surface area (Å²) >= 11 is 0. The number of carbonyl (C=O) groups is 3. The zero-order valence-corrected chi connectivity index (χ0v) is 19.9. The number of anilines is 1. The van der Waals surface area contributed by atoms with Crippen LogP contribution >= 0.6 is 0 Å². The van der Waals surface area contributed by atoms with Crippen molar-refractivity contribution in [3.63, 3.8) is 0 Å².